The topological polar surface area (TPSA) is 83.6 Å². The van der Waals surface area contributed by atoms with Gasteiger partial charge in [-0.25, -0.2) is 4.98 Å². The monoisotopic (exact) mass is 432 g/mol. The summed E-state index contributed by atoms with van der Waals surface area (Å²) in [7, 11) is 0. The minimum Gasteiger partial charge on any atom is -0.373 e. The lowest BCUT2D eigenvalue weighted by atomic mass is 10.2. The Balaban J connectivity index is 1.31. The van der Waals surface area contributed by atoms with Crippen molar-refractivity contribution < 1.29 is 14.3 Å². The molecule has 2 amide bonds. The summed E-state index contributed by atoms with van der Waals surface area (Å²) in [4.78, 5) is 32.6. The van der Waals surface area contributed by atoms with E-state index in [-0.39, 0.29) is 30.4 Å². The predicted octanol–water partition coefficient (Wildman–Crippen LogP) is 3.19. The van der Waals surface area contributed by atoms with Crippen molar-refractivity contribution in [2.24, 2.45) is 0 Å². The number of carbonyl (C=O) groups excluding carboxylic acids is 2. The highest BCUT2D eigenvalue weighted by molar-refractivity contribution is 8.01. The number of carbonyl (C=O) groups is 2. The number of hydrogen-bond acceptors (Lipinski definition) is 7. The van der Waals surface area contributed by atoms with Crippen LogP contribution in [0.4, 0.5) is 10.8 Å². The Labute approximate surface area is 178 Å². The van der Waals surface area contributed by atoms with Gasteiger partial charge in [-0.2, -0.15) is 0 Å². The van der Waals surface area contributed by atoms with Crippen LogP contribution in [0.25, 0.3) is 0 Å². The Morgan fingerprint density at radius 1 is 1.31 bits per heavy atom. The van der Waals surface area contributed by atoms with Gasteiger partial charge < -0.3 is 15.4 Å². The number of hydrogen-bond donors (Lipinski definition) is 2. The second-order valence-electron chi connectivity index (χ2n) is 7.44. The first-order valence-electron chi connectivity index (χ1n) is 9.65. The van der Waals surface area contributed by atoms with E-state index < -0.39 is 5.25 Å². The van der Waals surface area contributed by atoms with Crippen LogP contribution in [0.1, 0.15) is 26.0 Å². The summed E-state index contributed by atoms with van der Waals surface area (Å²) in [5.41, 5.74) is 1.74. The highest BCUT2D eigenvalue weighted by Crippen LogP contribution is 2.36. The summed E-state index contributed by atoms with van der Waals surface area (Å²) in [6, 6.07) is 7.62. The van der Waals surface area contributed by atoms with Gasteiger partial charge in [0, 0.05) is 36.3 Å². The molecule has 0 spiro atoms. The highest BCUT2D eigenvalue weighted by Gasteiger charge is 2.29. The molecule has 7 nitrogen and oxygen atoms in total. The Morgan fingerprint density at radius 3 is 2.86 bits per heavy atom. The number of nitrogens with one attached hydrogen (secondary N) is 2. The number of thioether (sulfide) groups is 1. The third-order valence-corrected chi connectivity index (χ3v) is 6.84. The van der Waals surface area contributed by atoms with Gasteiger partial charge in [0.2, 0.25) is 11.8 Å². The third-order valence-electron chi connectivity index (χ3n) is 4.76. The summed E-state index contributed by atoms with van der Waals surface area (Å²) >= 11 is 2.84. The minimum atomic E-state index is -0.444. The zero-order valence-corrected chi connectivity index (χ0v) is 18.0. The van der Waals surface area contributed by atoms with E-state index >= 15 is 0 Å². The van der Waals surface area contributed by atoms with Crippen LogP contribution in [-0.4, -0.2) is 52.2 Å². The van der Waals surface area contributed by atoms with Gasteiger partial charge in [-0.3, -0.25) is 14.5 Å². The average Bonchev–Trinajstić information content (AvgIpc) is 3.08. The lowest BCUT2D eigenvalue weighted by Crippen LogP contribution is -2.44. The Hall–Kier alpha value is -1.94. The van der Waals surface area contributed by atoms with Gasteiger partial charge in [0.05, 0.1) is 28.8 Å². The molecule has 0 radical (unpaired) electrons. The van der Waals surface area contributed by atoms with Gasteiger partial charge in [0.1, 0.15) is 0 Å². The van der Waals surface area contributed by atoms with Gasteiger partial charge >= 0.3 is 0 Å². The van der Waals surface area contributed by atoms with Gasteiger partial charge in [0.25, 0.3) is 0 Å². The van der Waals surface area contributed by atoms with E-state index in [1.807, 2.05) is 29.6 Å². The maximum absolute atomic E-state index is 12.5. The third kappa shape index (κ3) is 5.16. The van der Waals surface area contributed by atoms with Crippen molar-refractivity contribution in [2.45, 2.75) is 49.2 Å². The van der Waals surface area contributed by atoms with Crippen LogP contribution in [0, 0.1) is 0 Å². The smallest absolute Gasteiger partial charge is 0.238 e. The van der Waals surface area contributed by atoms with Crippen molar-refractivity contribution in [3.05, 3.63) is 35.3 Å². The first-order chi connectivity index (χ1) is 14.0. The van der Waals surface area contributed by atoms with E-state index in [1.165, 1.54) is 23.1 Å². The molecule has 154 valence electrons. The predicted molar refractivity (Wildman–Crippen MR) is 115 cm³/mol. The molecule has 2 N–H and O–H groups in total. The molecule has 2 aliphatic heterocycles. The summed E-state index contributed by atoms with van der Waals surface area (Å²) in [5.74, 6) is -0.342. The second kappa shape index (κ2) is 8.83. The lowest BCUT2D eigenvalue weighted by molar-refractivity contribution is -0.120. The molecule has 3 atom stereocenters. The fraction of sp³-hybridized carbons (Fsp3) is 0.450. The molecule has 0 saturated carbocycles. The molecule has 1 aromatic carbocycles. The van der Waals surface area contributed by atoms with E-state index in [9.17, 15) is 9.59 Å². The van der Waals surface area contributed by atoms with Crippen LogP contribution in [0.5, 0.6) is 0 Å². The van der Waals surface area contributed by atoms with Crippen molar-refractivity contribution in [3.63, 3.8) is 0 Å². The fourth-order valence-corrected chi connectivity index (χ4v) is 5.47. The Bertz CT molecular complexity index is 893. The summed E-state index contributed by atoms with van der Waals surface area (Å²) in [6.07, 6.45) is 0.528. The molecule has 1 saturated heterocycles. The largest absolute Gasteiger partial charge is 0.373 e. The molecule has 1 aromatic heterocycles. The van der Waals surface area contributed by atoms with Crippen molar-refractivity contribution in [2.75, 3.05) is 23.7 Å². The first-order valence-corrected chi connectivity index (χ1v) is 11.4. The normalized spacial score (nSPS) is 24.6. The van der Waals surface area contributed by atoms with E-state index in [4.69, 9.17) is 4.74 Å². The number of benzene rings is 1. The zero-order chi connectivity index (χ0) is 20.4. The number of aromatic nitrogens is 1. The van der Waals surface area contributed by atoms with E-state index in [0.29, 0.717) is 5.13 Å². The van der Waals surface area contributed by atoms with E-state index in [0.717, 1.165) is 35.9 Å². The van der Waals surface area contributed by atoms with Crippen LogP contribution < -0.4 is 10.6 Å². The number of rotatable bonds is 5. The average molecular weight is 433 g/mol. The molecule has 2 aliphatic rings. The molecule has 0 aliphatic carbocycles. The molecule has 3 unspecified atom stereocenters. The van der Waals surface area contributed by atoms with Gasteiger partial charge in [-0.1, -0.05) is 12.1 Å². The molecule has 1 fully saturated rings. The number of fused-ring (bicyclic) bond motifs is 1. The van der Waals surface area contributed by atoms with Crippen LogP contribution >= 0.6 is 23.1 Å². The van der Waals surface area contributed by atoms with E-state index in [2.05, 4.69) is 34.4 Å². The molecule has 29 heavy (non-hydrogen) atoms. The van der Waals surface area contributed by atoms with Crippen LogP contribution in [0.2, 0.25) is 0 Å². The lowest BCUT2D eigenvalue weighted by Gasteiger charge is -2.34. The molecular weight excluding hydrogens is 408 g/mol. The molecule has 4 rings (SSSR count). The van der Waals surface area contributed by atoms with Gasteiger partial charge in [-0.05, 0) is 26.0 Å². The van der Waals surface area contributed by atoms with E-state index in [1.54, 1.807) is 0 Å². The van der Waals surface area contributed by atoms with Crippen molar-refractivity contribution >= 4 is 45.7 Å². The van der Waals surface area contributed by atoms with Crippen molar-refractivity contribution in [3.8, 4) is 0 Å². The van der Waals surface area contributed by atoms with Crippen molar-refractivity contribution in [1.29, 1.82) is 0 Å². The Kier molecular flexibility index (Phi) is 6.19. The van der Waals surface area contributed by atoms with Crippen molar-refractivity contribution in [1.82, 2.24) is 9.88 Å². The highest BCUT2D eigenvalue weighted by atomic mass is 32.2. The number of ether oxygens (including phenoxy) is 1. The Morgan fingerprint density at radius 2 is 2.07 bits per heavy atom. The first kappa shape index (κ1) is 20.3. The van der Waals surface area contributed by atoms with Crippen LogP contribution in [-0.2, 0) is 20.9 Å². The van der Waals surface area contributed by atoms with Gasteiger partial charge in [0.15, 0.2) is 5.13 Å². The maximum Gasteiger partial charge on any atom is 0.238 e. The molecule has 9 heteroatoms. The molecule has 3 heterocycles. The second-order valence-corrected chi connectivity index (χ2v) is 9.54. The number of thiazole rings is 1. The summed E-state index contributed by atoms with van der Waals surface area (Å²) in [5, 5.41) is 7.81. The van der Waals surface area contributed by atoms with Gasteiger partial charge in [-0.15, -0.1) is 23.1 Å². The molecule has 0 bridgehead atoms. The maximum atomic E-state index is 12.5. The zero-order valence-electron chi connectivity index (χ0n) is 16.4. The minimum absolute atomic E-state index is 0.109. The molecular formula is C20H24N4O3S2. The number of amides is 2. The standard InChI is InChI=1S/C20H24N4O3S2/c1-12-8-24(9-13(2)27-12)10-14-11-28-20(21-14)23-18(25)7-17-19(26)22-15-5-3-4-6-16(15)29-17/h3-6,11-13,17H,7-10H2,1-2H3,(H,22,26)(H,21,23,25). The summed E-state index contributed by atoms with van der Waals surface area (Å²) in [6.45, 7) is 6.64. The number of para-hydroxylation sites is 1. The SMILES string of the molecule is CC1CN(Cc2csc(NC(=O)CC3Sc4ccccc4NC3=O)n2)CC(C)O1. The van der Waals surface area contributed by atoms with Crippen LogP contribution in [0.3, 0.4) is 0 Å². The summed E-state index contributed by atoms with van der Waals surface area (Å²) < 4.78 is 5.76. The quantitative estimate of drug-likeness (QED) is 0.755. The molecule has 2 aromatic rings. The number of anilines is 2. The fourth-order valence-electron chi connectivity index (χ4n) is 3.65. The number of nitrogens with zero attached hydrogens (tertiary/aromatic N) is 2. The van der Waals surface area contributed by atoms with Crippen LogP contribution in [0.15, 0.2) is 34.5 Å². The number of morpholine rings is 1.